The van der Waals surface area contributed by atoms with Crippen LogP contribution in [0.5, 0.6) is 23.0 Å². The number of ether oxygens (including phenoxy) is 4. The maximum Gasteiger partial charge on any atom is 0.161 e. The average Bonchev–Trinajstić information content (AvgIpc) is 2.59. The molecule has 0 heterocycles. The molecule has 6 heteroatoms. The van der Waals surface area contributed by atoms with Crippen LogP contribution in [0.1, 0.15) is 5.56 Å². The Morgan fingerprint density at radius 1 is 0.870 bits per heavy atom. The molecule has 23 heavy (non-hydrogen) atoms. The summed E-state index contributed by atoms with van der Waals surface area (Å²) in [7, 11) is 3.19. The third-order valence-corrected chi connectivity index (χ3v) is 3.35. The fourth-order valence-electron chi connectivity index (χ4n) is 1.92. The van der Waals surface area contributed by atoms with Crippen molar-refractivity contribution in [3.05, 3.63) is 48.0 Å². The summed E-state index contributed by atoms with van der Waals surface area (Å²) < 4.78 is 21.6. The van der Waals surface area contributed by atoms with Gasteiger partial charge in [0.2, 0.25) is 0 Å². The van der Waals surface area contributed by atoms with E-state index in [4.69, 9.17) is 36.9 Å². The number of thiocarbonyl (C=S) groups is 1. The topological polar surface area (TPSA) is 62.9 Å². The van der Waals surface area contributed by atoms with Crippen molar-refractivity contribution in [3.8, 4) is 23.0 Å². The lowest BCUT2D eigenvalue weighted by Gasteiger charge is -2.12. The lowest BCUT2D eigenvalue weighted by atomic mass is 10.2. The van der Waals surface area contributed by atoms with E-state index in [1.54, 1.807) is 32.4 Å². The molecule has 0 aromatic heterocycles. The van der Waals surface area contributed by atoms with Crippen LogP contribution in [-0.2, 0) is 0 Å². The van der Waals surface area contributed by atoms with Gasteiger partial charge >= 0.3 is 0 Å². The van der Waals surface area contributed by atoms with E-state index in [0.29, 0.717) is 29.7 Å². The summed E-state index contributed by atoms with van der Waals surface area (Å²) in [4.78, 5) is 0.317. The summed E-state index contributed by atoms with van der Waals surface area (Å²) in [5, 5.41) is 0. The number of hydrogen-bond donors (Lipinski definition) is 1. The summed E-state index contributed by atoms with van der Waals surface area (Å²) in [6.07, 6.45) is 0. The summed E-state index contributed by atoms with van der Waals surface area (Å²) in [5.41, 5.74) is 6.34. The lowest BCUT2D eigenvalue weighted by Crippen LogP contribution is -2.11. The van der Waals surface area contributed by atoms with Gasteiger partial charge in [-0.15, -0.1) is 0 Å². The second kappa shape index (κ2) is 8.24. The zero-order valence-corrected chi connectivity index (χ0v) is 13.9. The standard InChI is InChI=1S/C17H19NO4S/c1-19-13-4-6-14(7-5-13)21-9-10-22-15-8-3-12(17(18)23)11-16(15)20-2/h3-8,11H,9-10H2,1-2H3,(H2,18,23). The van der Waals surface area contributed by atoms with Gasteiger partial charge in [-0.25, -0.2) is 0 Å². The van der Waals surface area contributed by atoms with Crippen molar-refractivity contribution in [3.63, 3.8) is 0 Å². The summed E-state index contributed by atoms with van der Waals surface area (Å²) >= 11 is 4.94. The van der Waals surface area contributed by atoms with Crippen molar-refractivity contribution in [2.45, 2.75) is 0 Å². The molecule has 0 fully saturated rings. The minimum atomic E-state index is 0.317. The molecule has 0 aliphatic heterocycles. The Bertz CT molecular complexity index is 658. The molecular weight excluding hydrogens is 314 g/mol. The Labute approximate surface area is 140 Å². The molecule has 5 nitrogen and oxygen atoms in total. The van der Waals surface area contributed by atoms with Gasteiger partial charge in [0.1, 0.15) is 29.7 Å². The zero-order valence-electron chi connectivity index (χ0n) is 13.1. The van der Waals surface area contributed by atoms with Crippen molar-refractivity contribution in [1.29, 1.82) is 0 Å². The quantitative estimate of drug-likeness (QED) is 0.592. The van der Waals surface area contributed by atoms with Crippen LogP contribution in [0.2, 0.25) is 0 Å². The molecule has 0 amide bonds. The van der Waals surface area contributed by atoms with E-state index in [1.807, 2.05) is 24.3 Å². The van der Waals surface area contributed by atoms with Crippen LogP contribution in [-0.4, -0.2) is 32.4 Å². The number of methoxy groups -OCH3 is 2. The molecule has 0 spiro atoms. The van der Waals surface area contributed by atoms with Crippen molar-refractivity contribution in [2.75, 3.05) is 27.4 Å². The predicted octanol–water partition coefficient (Wildman–Crippen LogP) is 2.80. The molecule has 0 bridgehead atoms. The Balaban J connectivity index is 1.86. The van der Waals surface area contributed by atoms with Crippen LogP contribution in [0.4, 0.5) is 0 Å². The van der Waals surface area contributed by atoms with Gasteiger partial charge in [-0.05, 0) is 42.5 Å². The highest BCUT2D eigenvalue weighted by molar-refractivity contribution is 7.80. The van der Waals surface area contributed by atoms with E-state index in [1.165, 1.54) is 0 Å². The molecule has 2 rings (SSSR count). The predicted molar refractivity (Wildman–Crippen MR) is 92.9 cm³/mol. The largest absolute Gasteiger partial charge is 0.497 e. The van der Waals surface area contributed by atoms with Crippen LogP contribution in [0.15, 0.2) is 42.5 Å². The van der Waals surface area contributed by atoms with Crippen LogP contribution in [0.3, 0.4) is 0 Å². The van der Waals surface area contributed by atoms with Crippen LogP contribution >= 0.6 is 12.2 Å². The zero-order chi connectivity index (χ0) is 16.7. The van der Waals surface area contributed by atoms with Crippen LogP contribution < -0.4 is 24.7 Å². The molecule has 122 valence electrons. The van der Waals surface area contributed by atoms with Gasteiger partial charge in [0.15, 0.2) is 11.5 Å². The molecule has 2 aromatic carbocycles. The van der Waals surface area contributed by atoms with Gasteiger partial charge in [0.05, 0.1) is 14.2 Å². The van der Waals surface area contributed by atoms with E-state index < -0.39 is 0 Å². The Hall–Kier alpha value is -2.47. The van der Waals surface area contributed by atoms with Gasteiger partial charge in [-0.2, -0.15) is 0 Å². The number of benzene rings is 2. The number of nitrogens with two attached hydrogens (primary N) is 1. The van der Waals surface area contributed by atoms with Crippen molar-refractivity contribution in [2.24, 2.45) is 5.73 Å². The molecule has 2 aromatic rings. The molecular formula is C17H19NO4S. The van der Waals surface area contributed by atoms with E-state index in [9.17, 15) is 0 Å². The van der Waals surface area contributed by atoms with E-state index in [2.05, 4.69) is 0 Å². The van der Waals surface area contributed by atoms with Crippen LogP contribution in [0, 0.1) is 0 Å². The Kier molecular flexibility index (Phi) is 6.05. The van der Waals surface area contributed by atoms with Crippen molar-refractivity contribution < 1.29 is 18.9 Å². The first-order chi connectivity index (χ1) is 11.1. The highest BCUT2D eigenvalue weighted by atomic mass is 32.1. The molecule has 2 N–H and O–H groups in total. The highest BCUT2D eigenvalue weighted by Crippen LogP contribution is 2.28. The third-order valence-electron chi connectivity index (χ3n) is 3.12. The summed E-state index contributed by atoms with van der Waals surface area (Å²) in [6, 6.07) is 12.7. The second-order valence-electron chi connectivity index (χ2n) is 4.60. The van der Waals surface area contributed by atoms with E-state index in [-0.39, 0.29) is 0 Å². The molecule has 0 saturated carbocycles. The SMILES string of the molecule is COc1ccc(OCCOc2ccc(C(N)=S)cc2OC)cc1. The monoisotopic (exact) mass is 333 g/mol. The minimum absolute atomic E-state index is 0.317. The first-order valence-electron chi connectivity index (χ1n) is 7.01. The molecule has 0 saturated heterocycles. The van der Waals surface area contributed by atoms with Gasteiger partial charge in [-0.1, -0.05) is 12.2 Å². The normalized spacial score (nSPS) is 10.0. The Morgan fingerprint density at radius 3 is 2.13 bits per heavy atom. The fraction of sp³-hybridized carbons (Fsp3) is 0.235. The average molecular weight is 333 g/mol. The minimum Gasteiger partial charge on any atom is -0.497 e. The fourth-order valence-corrected chi connectivity index (χ4v) is 2.05. The van der Waals surface area contributed by atoms with Gasteiger partial charge in [0.25, 0.3) is 0 Å². The second-order valence-corrected chi connectivity index (χ2v) is 5.04. The molecule has 0 radical (unpaired) electrons. The van der Waals surface area contributed by atoms with Crippen molar-refractivity contribution in [1.82, 2.24) is 0 Å². The molecule has 0 aliphatic rings. The first-order valence-corrected chi connectivity index (χ1v) is 7.42. The Morgan fingerprint density at radius 2 is 1.52 bits per heavy atom. The highest BCUT2D eigenvalue weighted by Gasteiger charge is 2.07. The molecule has 0 aliphatic carbocycles. The number of rotatable bonds is 8. The van der Waals surface area contributed by atoms with Crippen molar-refractivity contribution >= 4 is 17.2 Å². The van der Waals surface area contributed by atoms with E-state index >= 15 is 0 Å². The number of hydrogen-bond acceptors (Lipinski definition) is 5. The maximum absolute atomic E-state index is 5.67. The third kappa shape index (κ3) is 4.75. The first kappa shape index (κ1) is 16.9. The van der Waals surface area contributed by atoms with Gasteiger partial charge in [-0.3, -0.25) is 0 Å². The molecule has 0 atom stereocenters. The summed E-state index contributed by atoms with van der Waals surface area (Å²) in [6.45, 7) is 0.793. The summed E-state index contributed by atoms with van der Waals surface area (Å²) in [5.74, 6) is 2.74. The van der Waals surface area contributed by atoms with Gasteiger partial charge < -0.3 is 24.7 Å². The van der Waals surface area contributed by atoms with Crippen LogP contribution in [0.25, 0.3) is 0 Å². The van der Waals surface area contributed by atoms with E-state index in [0.717, 1.165) is 17.1 Å². The smallest absolute Gasteiger partial charge is 0.161 e. The maximum atomic E-state index is 5.67. The van der Waals surface area contributed by atoms with Gasteiger partial charge in [0, 0.05) is 5.56 Å². The molecule has 0 unspecified atom stereocenters. The lowest BCUT2D eigenvalue weighted by molar-refractivity contribution is 0.211.